The normalized spacial score (nSPS) is 21.1. The van der Waals surface area contributed by atoms with Crippen molar-refractivity contribution in [3.8, 4) is 0 Å². The lowest BCUT2D eigenvalue weighted by molar-refractivity contribution is -0.108. The first-order valence-corrected chi connectivity index (χ1v) is 13.4. The molecule has 2 heterocycles. The molecular weight excluding hydrogens is 522 g/mol. The van der Waals surface area contributed by atoms with Crippen LogP contribution in [0.2, 0.25) is 0 Å². The van der Waals surface area contributed by atoms with Crippen LogP contribution in [0.1, 0.15) is 51.5 Å². The predicted octanol–water partition coefficient (Wildman–Crippen LogP) is 6.09. The van der Waals surface area contributed by atoms with Crippen molar-refractivity contribution in [1.82, 2.24) is 14.3 Å². The van der Waals surface area contributed by atoms with Crippen LogP contribution in [0.3, 0.4) is 0 Å². The molecule has 1 saturated carbocycles. The number of benzene rings is 1. The van der Waals surface area contributed by atoms with E-state index in [1.807, 2.05) is 4.31 Å². The molecule has 206 valence electrons. The first-order chi connectivity index (χ1) is 18.2. The molecule has 1 saturated heterocycles. The highest BCUT2D eigenvalue weighted by Gasteiger charge is 2.32. The van der Waals surface area contributed by atoms with Gasteiger partial charge in [0, 0.05) is 36.9 Å². The maximum absolute atomic E-state index is 14.0. The van der Waals surface area contributed by atoms with E-state index in [2.05, 4.69) is 26.9 Å². The molecule has 1 aliphatic heterocycles. The summed E-state index contributed by atoms with van der Waals surface area (Å²) in [6.45, 7) is 1.70. The van der Waals surface area contributed by atoms with Gasteiger partial charge in [-0.1, -0.05) is 19.4 Å². The van der Waals surface area contributed by atoms with Crippen molar-refractivity contribution < 1.29 is 27.1 Å². The monoisotopic (exact) mass is 553 g/mol. The van der Waals surface area contributed by atoms with Gasteiger partial charge in [0.2, 0.25) is 12.4 Å². The highest BCUT2D eigenvalue weighted by Crippen LogP contribution is 2.34. The van der Waals surface area contributed by atoms with Gasteiger partial charge in [0.05, 0.1) is 4.90 Å². The number of carbonyl (C=O) groups is 1. The Balaban J connectivity index is 1.48. The third kappa shape index (κ3) is 6.96. The summed E-state index contributed by atoms with van der Waals surface area (Å²) in [5.74, 6) is -0.286. The molecule has 7 nitrogen and oxygen atoms in total. The van der Waals surface area contributed by atoms with Gasteiger partial charge in [-0.3, -0.25) is 9.69 Å². The number of carbonyl (C=O) groups excluding carboxylic acids is 1. The van der Waals surface area contributed by atoms with E-state index in [-0.39, 0.29) is 28.7 Å². The Kier molecular flexibility index (Phi) is 9.48. The first kappa shape index (κ1) is 28.2. The Labute approximate surface area is 223 Å². The predicted molar refractivity (Wildman–Crippen MR) is 139 cm³/mol. The van der Waals surface area contributed by atoms with Gasteiger partial charge in [0.25, 0.3) is 0 Å². The Bertz CT molecular complexity index is 1130. The molecule has 0 spiro atoms. The highest BCUT2D eigenvalue weighted by atomic mass is 32.2. The minimum Gasteiger partial charge on any atom is -0.440 e. The van der Waals surface area contributed by atoms with Crippen LogP contribution < -0.4 is 10.2 Å². The minimum atomic E-state index is -2.97. The summed E-state index contributed by atoms with van der Waals surface area (Å²) in [5, 5.41) is 3.30. The number of aromatic nitrogens is 2. The summed E-state index contributed by atoms with van der Waals surface area (Å²) in [5.41, 5.74) is 0.401. The summed E-state index contributed by atoms with van der Waals surface area (Å²) in [4.78, 5) is 22.7. The molecule has 2 fully saturated rings. The molecule has 0 bridgehead atoms. The van der Waals surface area contributed by atoms with E-state index in [0.29, 0.717) is 43.3 Å². The average molecular weight is 554 g/mol. The molecule has 2 unspecified atom stereocenters. The second-order valence-corrected chi connectivity index (χ2v) is 10.7. The third-order valence-electron chi connectivity index (χ3n) is 6.89. The van der Waals surface area contributed by atoms with Gasteiger partial charge in [0.1, 0.15) is 23.2 Å². The number of anilines is 2. The quantitative estimate of drug-likeness (QED) is 0.165. The Hall–Kier alpha value is -2.86. The van der Waals surface area contributed by atoms with Crippen LogP contribution in [0.5, 0.6) is 0 Å². The van der Waals surface area contributed by atoms with E-state index >= 15 is 0 Å². The number of piperidine rings is 1. The third-order valence-corrected chi connectivity index (χ3v) is 8.08. The number of hydrogen-bond donors (Lipinski definition) is 1. The number of hydrogen-bond acceptors (Lipinski definition) is 7. The fourth-order valence-corrected chi connectivity index (χ4v) is 5.91. The zero-order valence-electron chi connectivity index (χ0n) is 21.2. The van der Waals surface area contributed by atoms with Crippen LogP contribution in [-0.2, 0) is 9.53 Å². The van der Waals surface area contributed by atoms with Crippen LogP contribution in [0.25, 0.3) is 6.08 Å². The number of nitrogens with one attached hydrogen (secondary N) is 1. The molecule has 12 heteroatoms. The number of amides is 1. The lowest BCUT2D eigenvalue weighted by Gasteiger charge is -2.32. The molecule has 1 aliphatic carbocycles. The van der Waals surface area contributed by atoms with E-state index in [1.54, 1.807) is 4.90 Å². The number of allylic oxidation sites excluding steroid dienone is 1. The van der Waals surface area contributed by atoms with Crippen molar-refractivity contribution in [3.63, 3.8) is 0 Å². The molecule has 38 heavy (non-hydrogen) atoms. The molecular formula is C26H31F4N5O2S. The van der Waals surface area contributed by atoms with Gasteiger partial charge in [-0.2, -0.15) is 13.8 Å². The lowest BCUT2D eigenvalue weighted by atomic mass is 10.0. The van der Waals surface area contributed by atoms with Crippen molar-refractivity contribution in [3.05, 3.63) is 47.4 Å². The summed E-state index contributed by atoms with van der Waals surface area (Å²) in [6, 6.07) is 3.77. The van der Waals surface area contributed by atoms with Crippen LogP contribution in [0, 0.1) is 17.6 Å². The van der Waals surface area contributed by atoms with Gasteiger partial charge < -0.3 is 10.1 Å². The standard InChI is InChI=1S/C26H31F4N5O2S/c1-16-5-3-8-22(16)35(15-36)24-18(13-17(2)37-25(29)30)14-31-26(33-24)32-19-9-11-34(12-10-19)38-23-20(27)6-4-7-21(23)28/h4,6-7,13-16,19,22,25H,3,5,8-12H2,1-2H3,(H,31,32,33)/b17-13+. The number of halogens is 4. The van der Waals surface area contributed by atoms with Crippen molar-refractivity contribution in [1.29, 1.82) is 0 Å². The van der Waals surface area contributed by atoms with E-state index < -0.39 is 18.2 Å². The zero-order valence-corrected chi connectivity index (χ0v) is 22.1. The summed E-state index contributed by atoms with van der Waals surface area (Å²) in [6.07, 6.45) is 7.78. The maximum atomic E-state index is 14.0. The second-order valence-electron chi connectivity index (χ2n) is 9.58. The van der Waals surface area contributed by atoms with E-state index in [9.17, 15) is 22.4 Å². The molecule has 1 N–H and O–H groups in total. The largest absolute Gasteiger partial charge is 0.440 e. The Morgan fingerprint density at radius 2 is 1.92 bits per heavy atom. The smallest absolute Gasteiger partial charge is 0.387 e. The van der Waals surface area contributed by atoms with E-state index in [4.69, 9.17) is 0 Å². The number of alkyl halides is 2. The van der Waals surface area contributed by atoms with E-state index in [1.165, 1.54) is 37.4 Å². The van der Waals surface area contributed by atoms with E-state index in [0.717, 1.165) is 37.6 Å². The minimum absolute atomic E-state index is 0.00514. The summed E-state index contributed by atoms with van der Waals surface area (Å²) < 4.78 is 59.9. The van der Waals surface area contributed by atoms with Crippen molar-refractivity contribution in [2.75, 3.05) is 23.3 Å². The second kappa shape index (κ2) is 12.8. The average Bonchev–Trinajstić information content (AvgIpc) is 3.29. The van der Waals surface area contributed by atoms with Gasteiger partial charge in [-0.05, 0) is 68.7 Å². The fraction of sp³-hybridized carbons (Fsp3) is 0.500. The fourth-order valence-electron chi connectivity index (χ4n) is 4.95. The topological polar surface area (TPSA) is 70.6 Å². The van der Waals surface area contributed by atoms with Crippen LogP contribution in [0.4, 0.5) is 29.3 Å². The molecule has 1 aromatic carbocycles. The van der Waals surface area contributed by atoms with Crippen LogP contribution in [-0.4, -0.2) is 52.5 Å². The Morgan fingerprint density at radius 1 is 1.21 bits per heavy atom. The molecule has 1 aromatic heterocycles. The molecule has 0 radical (unpaired) electrons. The van der Waals surface area contributed by atoms with Gasteiger partial charge in [-0.25, -0.2) is 18.1 Å². The molecule has 2 aliphatic rings. The lowest BCUT2D eigenvalue weighted by Crippen LogP contribution is -2.38. The summed E-state index contributed by atoms with van der Waals surface area (Å²) >= 11 is 1.07. The molecule has 2 aromatic rings. The van der Waals surface area contributed by atoms with Crippen molar-refractivity contribution in [2.24, 2.45) is 5.92 Å². The highest BCUT2D eigenvalue weighted by molar-refractivity contribution is 7.97. The summed E-state index contributed by atoms with van der Waals surface area (Å²) in [7, 11) is 0. The SMILES string of the molecule is C/C(=C\c1cnc(NC2CCN(Sc3c(F)cccc3F)CC2)nc1N(C=O)C1CCCC1C)OC(F)F. The molecule has 4 rings (SSSR count). The van der Waals surface area contributed by atoms with Crippen molar-refractivity contribution in [2.45, 2.75) is 69.5 Å². The molecule has 2 atom stereocenters. The van der Waals surface area contributed by atoms with Crippen molar-refractivity contribution >= 4 is 36.2 Å². The maximum Gasteiger partial charge on any atom is 0.387 e. The number of rotatable bonds is 10. The number of nitrogens with zero attached hydrogens (tertiary/aromatic N) is 4. The van der Waals surface area contributed by atoms with Gasteiger partial charge in [0.15, 0.2) is 0 Å². The number of ether oxygens (including phenoxy) is 1. The van der Waals surface area contributed by atoms with Gasteiger partial charge >= 0.3 is 6.61 Å². The zero-order chi connectivity index (χ0) is 27.2. The van der Waals surface area contributed by atoms with Gasteiger partial charge in [-0.15, -0.1) is 0 Å². The Morgan fingerprint density at radius 3 is 2.53 bits per heavy atom. The van der Waals surface area contributed by atoms with Crippen LogP contribution in [0.15, 0.2) is 35.1 Å². The first-order valence-electron chi connectivity index (χ1n) is 12.6. The molecule has 1 amide bonds. The van der Waals surface area contributed by atoms with Crippen LogP contribution >= 0.6 is 11.9 Å².